The van der Waals surface area contributed by atoms with E-state index in [4.69, 9.17) is 16.3 Å². The van der Waals surface area contributed by atoms with E-state index in [1.807, 2.05) is 0 Å². The van der Waals surface area contributed by atoms with Gasteiger partial charge in [-0.1, -0.05) is 11.6 Å². The van der Waals surface area contributed by atoms with Crippen molar-refractivity contribution in [2.75, 3.05) is 5.32 Å². The fourth-order valence-electron chi connectivity index (χ4n) is 0.935. The van der Waals surface area contributed by atoms with E-state index in [1.54, 1.807) is 32.0 Å². The maximum atomic E-state index is 11.2. The summed E-state index contributed by atoms with van der Waals surface area (Å²) in [6.07, 6.45) is -0.611. The van der Waals surface area contributed by atoms with Crippen molar-refractivity contribution in [1.29, 1.82) is 0 Å². The molecule has 0 aliphatic heterocycles. The number of hydrogen-bond donors (Lipinski definition) is 1. The van der Waals surface area contributed by atoms with E-state index in [9.17, 15) is 4.79 Å². The number of benzene rings is 1. The van der Waals surface area contributed by atoms with Gasteiger partial charge in [-0.3, -0.25) is 5.32 Å². The Labute approximate surface area is 102 Å². The lowest BCUT2D eigenvalue weighted by Gasteiger charge is -2.09. The van der Waals surface area contributed by atoms with Gasteiger partial charge in [0.1, 0.15) is 0 Å². The molecule has 1 aromatic carbocycles. The second-order valence-electron chi connectivity index (χ2n) is 3.21. The number of amides is 1. The van der Waals surface area contributed by atoms with Crippen molar-refractivity contribution in [1.82, 2.24) is 0 Å². The number of rotatable bonds is 2. The largest absolute Gasteiger partial charge is 0.447 e. The van der Waals surface area contributed by atoms with Gasteiger partial charge in [0, 0.05) is 10.2 Å². The number of anilines is 1. The predicted octanol–water partition coefficient (Wildman–Crippen LogP) is 4.06. The fraction of sp³-hybridized carbons (Fsp3) is 0.300. The number of ether oxygens (including phenoxy) is 1. The molecule has 0 saturated heterocycles. The molecule has 0 aliphatic rings. The molecule has 82 valence electrons. The molecule has 0 radical (unpaired) electrons. The Hall–Kier alpha value is -0.740. The lowest BCUT2D eigenvalue weighted by atomic mass is 10.3. The van der Waals surface area contributed by atoms with Crippen LogP contribution in [0, 0.1) is 0 Å². The number of carbonyl (C=O) groups is 1. The maximum absolute atomic E-state index is 11.2. The molecule has 0 fully saturated rings. The molecule has 1 rings (SSSR count). The Morgan fingerprint density at radius 2 is 2.20 bits per heavy atom. The average molecular weight is 293 g/mol. The molecule has 0 spiro atoms. The Morgan fingerprint density at radius 3 is 2.73 bits per heavy atom. The zero-order valence-electron chi connectivity index (χ0n) is 8.38. The van der Waals surface area contributed by atoms with Gasteiger partial charge >= 0.3 is 6.09 Å². The second kappa shape index (κ2) is 5.37. The number of halogens is 2. The summed E-state index contributed by atoms with van der Waals surface area (Å²) in [6.45, 7) is 3.58. The molecular weight excluding hydrogens is 281 g/mol. The number of hydrogen-bond acceptors (Lipinski definition) is 2. The van der Waals surface area contributed by atoms with Crippen molar-refractivity contribution < 1.29 is 9.53 Å². The van der Waals surface area contributed by atoms with Gasteiger partial charge in [-0.15, -0.1) is 0 Å². The Kier molecular flexibility index (Phi) is 4.42. The van der Waals surface area contributed by atoms with Crippen molar-refractivity contribution in [2.24, 2.45) is 0 Å². The van der Waals surface area contributed by atoms with Crippen molar-refractivity contribution in [3.05, 3.63) is 27.7 Å². The van der Waals surface area contributed by atoms with Crippen LogP contribution in [0.4, 0.5) is 10.5 Å². The van der Waals surface area contributed by atoms with Gasteiger partial charge in [-0.25, -0.2) is 4.79 Å². The third-order valence-electron chi connectivity index (χ3n) is 1.51. The van der Waals surface area contributed by atoms with Gasteiger partial charge in [0.15, 0.2) is 0 Å². The van der Waals surface area contributed by atoms with E-state index in [2.05, 4.69) is 21.2 Å². The van der Waals surface area contributed by atoms with Gasteiger partial charge in [0.2, 0.25) is 0 Å². The highest BCUT2D eigenvalue weighted by Crippen LogP contribution is 2.25. The van der Waals surface area contributed by atoms with E-state index in [0.717, 1.165) is 4.47 Å². The molecule has 5 heteroatoms. The van der Waals surface area contributed by atoms with Crippen molar-refractivity contribution in [2.45, 2.75) is 20.0 Å². The quantitative estimate of drug-likeness (QED) is 0.892. The first-order valence-electron chi connectivity index (χ1n) is 4.41. The second-order valence-corrected chi connectivity index (χ2v) is 4.47. The topological polar surface area (TPSA) is 38.3 Å². The van der Waals surface area contributed by atoms with E-state index >= 15 is 0 Å². The van der Waals surface area contributed by atoms with Crippen LogP contribution in [-0.4, -0.2) is 12.2 Å². The smallest absolute Gasteiger partial charge is 0.411 e. The van der Waals surface area contributed by atoms with Crippen molar-refractivity contribution >= 4 is 39.3 Å². The highest BCUT2D eigenvalue weighted by atomic mass is 79.9. The predicted molar refractivity (Wildman–Crippen MR) is 64.4 cm³/mol. The summed E-state index contributed by atoms with van der Waals surface area (Å²) >= 11 is 9.07. The highest BCUT2D eigenvalue weighted by molar-refractivity contribution is 9.10. The summed E-state index contributed by atoms with van der Waals surface area (Å²) in [5.74, 6) is 0. The molecule has 0 saturated carbocycles. The van der Waals surface area contributed by atoms with Gasteiger partial charge in [-0.2, -0.15) is 0 Å². The van der Waals surface area contributed by atoms with Gasteiger partial charge in [0.05, 0.1) is 11.1 Å². The molecule has 15 heavy (non-hydrogen) atoms. The van der Waals surface area contributed by atoms with Gasteiger partial charge in [0.25, 0.3) is 0 Å². The van der Waals surface area contributed by atoms with Crippen LogP contribution in [0.25, 0.3) is 0 Å². The summed E-state index contributed by atoms with van der Waals surface area (Å²) in [4.78, 5) is 11.2. The van der Waals surface area contributed by atoms with Crippen LogP contribution >= 0.6 is 27.5 Å². The molecular formula is C10H11BrClNO2. The summed E-state index contributed by atoms with van der Waals surface area (Å²) in [6, 6.07) is 5.11. The summed E-state index contributed by atoms with van der Waals surface area (Å²) in [5, 5.41) is 3.19. The summed E-state index contributed by atoms with van der Waals surface area (Å²) < 4.78 is 5.65. The highest BCUT2D eigenvalue weighted by Gasteiger charge is 2.06. The molecule has 1 aromatic rings. The van der Waals surface area contributed by atoms with Crippen LogP contribution < -0.4 is 5.32 Å². The number of carbonyl (C=O) groups excluding carboxylic acids is 1. The molecule has 0 unspecified atom stereocenters. The molecule has 1 amide bonds. The standard InChI is InChI=1S/C10H11BrClNO2/c1-6(2)15-10(14)13-7-3-4-9(12)8(11)5-7/h3-6H,1-2H3,(H,13,14). The normalized spacial score (nSPS) is 10.2. The molecule has 0 heterocycles. The fourth-order valence-corrected chi connectivity index (χ4v) is 1.43. The third-order valence-corrected chi connectivity index (χ3v) is 2.72. The Balaban J connectivity index is 2.65. The first-order chi connectivity index (χ1) is 6.99. The van der Waals surface area contributed by atoms with E-state index < -0.39 is 6.09 Å². The molecule has 3 nitrogen and oxygen atoms in total. The monoisotopic (exact) mass is 291 g/mol. The minimum Gasteiger partial charge on any atom is -0.447 e. The zero-order valence-corrected chi connectivity index (χ0v) is 10.7. The first kappa shape index (κ1) is 12.3. The van der Waals surface area contributed by atoms with Crippen LogP contribution in [0.1, 0.15) is 13.8 Å². The van der Waals surface area contributed by atoms with E-state index in [0.29, 0.717) is 10.7 Å². The molecule has 1 N–H and O–H groups in total. The average Bonchev–Trinajstić information content (AvgIpc) is 2.10. The number of nitrogens with one attached hydrogen (secondary N) is 1. The van der Waals surface area contributed by atoms with Crippen LogP contribution in [0.5, 0.6) is 0 Å². The minimum absolute atomic E-state index is 0.138. The van der Waals surface area contributed by atoms with Gasteiger partial charge in [-0.05, 0) is 48.0 Å². The zero-order chi connectivity index (χ0) is 11.4. The maximum Gasteiger partial charge on any atom is 0.411 e. The molecule has 0 aromatic heterocycles. The van der Waals surface area contributed by atoms with Crippen LogP contribution in [0.2, 0.25) is 5.02 Å². The van der Waals surface area contributed by atoms with E-state index in [1.165, 1.54) is 0 Å². The van der Waals surface area contributed by atoms with Crippen LogP contribution in [-0.2, 0) is 4.74 Å². The summed E-state index contributed by atoms with van der Waals surface area (Å²) in [5.41, 5.74) is 0.636. The molecule has 0 atom stereocenters. The lowest BCUT2D eigenvalue weighted by Crippen LogP contribution is -2.17. The Morgan fingerprint density at radius 1 is 1.53 bits per heavy atom. The van der Waals surface area contributed by atoms with Crippen LogP contribution in [0.15, 0.2) is 22.7 Å². The van der Waals surface area contributed by atoms with Crippen molar-refractivity contribution in [3.63, 3.8) is 0 Å². The Bertz CT molecular complexity index is 368. The molecule has 0 bridgehead atoms. The minimum atomic E-state index is -0.473. The summed E-state index contributed by atoms with van der Waals surface area (Å²) in [7, 11) is 0. The first-order valence-corrected chi connectivity index (χ1v) is 5.59. The lowest BCUT2D eigenvalue weighted by molar-refractivity contribution is 0.130. The van der Waals surface area contributed by atoms with Crippen molar-refractivity contribution in [3.8, 4) is 0 Å². The van der Waals surface area contributed by atoms with E-state index in [-0.39, 0.29) is 6.10 Å². The third kappa shape index (κ3) is 4.10. The van der Waals surface area contributed by atoms with Crippen LogP contribution in [0.3, 0.4) is 0 Å². The molecule has 0 aliphatic carbocycles. The van der Waals surface area contributed by atoms with Gasteiger partial charge < -0.3 is 4.74 Å². The SMILES string of the molecule is CC(C)OC(=O)Nc1ccc(Cl)c(Br)c1.